The predicted molar refractivity (Wildman–Crippen MR) is 119 cm³/mol. The van der Waals surface area contributed by atoms with Gasteiger partial charge in [0.05, 0.1) is 10.4 Å². The number of anilines is 1. The second-order valence-corrected chi connectivity index (χ2v) is 11.4. The molecule has 2 atom stereocenters. The molecular formula is C20H20F6N4O5S2. The number of nitrogens with two attached hydrogens (primary N) is 2. The van der Waals surface area contributed by atoms with E-state index in [4.69, 9.17) is 11.5 Å². The van der Waals surface area contributed by atoms with Crippen LogP contribution in [0, 0.1) is 0 Å². The summed E-state index contributed by atoms with van der Waals surface area (Å²) in [5.41, 5.74) is 3.88. The second-order valence-electron chi connectivity index (χ2n) is 8.20. The Labute approximate surface area is 210 Å². The SMILES string of the molecule is C[C@@H]1CN(c2ccc(C(N)=O)cc2C(F)(F)F)CCN1S(=O)(=O)c1ccc(C(O)(C(N)=O)C(F)(F)F)s1. The lowest BCUT2D eigenvalue weighted by atomic mass is 10.0. The topological polar surface area (TPSA) is 147 Å². The number of halogens is 6. The lowest BCUT2D eigenvalue weighted by Crippen LogP contribution is -2.54. The summed E-state index contributed by atoms with van der Waals surface area (Å²) in [6, 6.07) is 3.20. The Bertz CT molecular complexity index is 1330. The summed E-state index contributed by atoms with van der Waals surface area (Å²) in [6.07, 6.45) is -10.4. The van der Waals surface area contributed by atoms with Crippen molar-refractivity contribution < 1.29 is 49.5 Å². The molecule has 1 aromatic carbocycles. The summed E-state index contributed by atoms with van der Waals surface area (Å²) in [5.74, 6) is -3.21. The zero-order chi connectivity index (χ0) is 28.1. The molecular weight excluding hydrogens is 554 g/mol. The molecule has 2 aromatic rings. The molecule has 17 heteroatoms. The van der Waals surface area contributed by atoms with E-state index in [9.17, 15) is 49.5 Å². The number of carbonyl (C=O) groups is 2. The normalized spacial score (nSPS) is 19.5. The molecule has 2 amide bonds. The first-order valence-corrected chi connectivity index (χ1v) is 12.5. The molecule has 1 saturated heterocycles. The van der Waals surface area contributed by atoms with Gasteiger partial charge in [-0.1, -0.05) is 0 Å². The average molecular weight is 575 g/mol. The fraction of sp³-hybridized carbons (Fsp3) is 0.400. The van der Waals surface area contributed by atoms with Gasteiger partial charge in [-0.25, -0.2) is 8.42 Å². The highest BCUT2D eigenvalue weighted by molar-refractivity contribution is 7.91. The number of nitrogens with zero attached hydrogens (tertiary/aromatic N) is 2. The van der Waals surface area contributed by atoms with Crippen LogP contribution < -0.4 is 16.4 Å². The van der Waals surface area contributed by atoms with Crippen LogP contribution in [-0.4, -0.2) is 61.5 Å². The van der Waals surface area contributed by atoms with Gasteiger partial charge >= 0.3 is 12.4 Å². The Hall–Kier alpha value is -2.89. The standard InChI is InChI=1S/C20H20F6N4O5S2/c1-10-9-29(13-3-2-11(16(27)31)8-12(13)19(21,22)23)6-7-30(10)37(34,35)15-5-4-14(36-15)18(33,17(28)32)20(24,25)26/h2-5,8,10,33H,6-7,9H2,1H3,(H2,27,31)(H2,28,32)/t10-,18?/m1/s1. The number of alkyl halides is 6. The first-order valence-electron chi connectivity index (χ1n) is 10.3. The third kappa shape index (κ3) is 5.12. The van der Waals surface area contributed by atoms with Gasteiger partial charge in [0.15, 0.2) is 0 Å². The molecule has 3 rings (SSSR count). The number of sulfonamides is 1. The van der Waals surface area contributed by atoms with Crippen molar-refractivity contribution in [3.05, 3.63) is 46.3 Å². The molecule has 0 aliphatic carbocycles. The van der Waals surface area contributed by atoms with Crippen LogP contribution in [0.25, 0.3) is 0 Å². The van der Waals surface area contributed by atoms with Crippen LogP contribution in [0.2, 0.25) is 0 Å². The second kappa shape index (κ2) is 9.45. The number of benzene rings is 1. The molecule has 0 bridgehead atoms. The fourth-order valence-electron chi connectivity index (χ4n) is 3.88. The van der Waals surface area contributed by atoms with E-state index in [0.717, 1.165) is 22.5 Å². The molecule has 1 aliphatic heterocycles. The number of hydrogen-bond donors (Lipinski definition) is 3. The molecule has 2 heterocycles. The summed E-state index contributed by atoms with van der Waals surface area (Å²) < 4.78 is 108. The quantitative estimate of drug-likeness (QED) is 0.450. The van der Waals surface area contributed by atoms with Crippen LogP contribution in [0.3, 0.4) is 0 Å². The minimum absolute atomic E-state index is 0.00165. The molecule has 9 nitrogen and oxygen atoms in total. The van der Waals surface area contributed by atoms with Gasteiger partial charge in [-0.05, 0) is 37.3 Å². The number of hydrogen-bond acceptors (Lipinski definition) is 7. The Morgan fingerprint density at radius 2 is 1.68 bits per heavy atom. The molecule has 1 aliphatic rings. The van der Waals surface area contributed by atoms with Crippen molar-refractivity contribution in [2.24, 2.45) is 11.5 Å². The van der Waals surface area contributed by atoms with E-state index in [2.05, 4.69) is 0 Å². The third-order valence-electron chi connectivity index (χ3n) is 5.76. The molecule has 37 heavy (non-hydrogen) atoms. The van der Waals surface area contributed by atoms with Crippen molar-refractivity contribution in [2.45, 2.75) is 35.1 Å². The van der Waals surface area contributed by atoms with E-state index >= 15 is 0 Å². The van der Waals surface area contributed by atoms with E-state index in [-0.39, 0.29) is 42.2 Å². The van der Waals surface area contributed by atoms with Crippen molar-refractivity contribution in [3.63, 3.8) is 0 Å². The predicted octanol–water partition coefficient (Wildman–Crippen LogP) is 2.00. The first-order chi connectivity index (χ1) is 16.8. The van der Waals surface area contributed by atoms with Crippen molar-refractivity contribution in [1.29, 1.82) is 0 Å². The van der Waals surface area contributed by atoms with Crippen LogP contribution in [0.5, 0.6) is 0 Å². The van der Waals surface area contributed by atoms with E-state index in [1.54, 1.807) is 0 Å². The summed E-state index contributed by atoms with van der Waals surface area (Å²) >= 11 is -0.00165. The minimum atomic E-state index is -5.52. The molecule has 204 valence electrons. The van der Waals surface area contributed by atoms with E-state index in [0.29, 0.717) is 12.1 Å². The summed E-state index contributed by atoms with van der Waals surface area (Å²) in [7, 11) is -4.47. The molecule has 1 aromatic heterocycles. The van der Waals surface area contributed by atoms with E-state index in [1.807, 2.05) is 0 Å². The van der Waals surface area contributed by atoms with Gasteiger partial charge in [-0.15, -0.1) is 11.3 Å². The minimum Gasteiger partial charge on any atom is -0.368 e. The summed E-state index contributed by atoms with van der Waals surface area (Å²) in [4.78, 5) is 22.9. The van der Waals surface area contributed by atoms with Gasteiger partial charge in [-0.2, -0.15) is 30.6 Å². The van der Waals surface area contributed by atoms with Gasteiger partial charge in [0, 0.05) is 36.9 Å². The van der Waals surface area contributed by atoms with Gasteiger partial charge in [0.1, 0.15) is 4.21 Å². The van der Waals surface area contributed by atoms with Gasteiger partial charge in [0.25, 0.3) is 21.5 Å². The number of carbonyl (C=O) groups excluding carboxylic acids is 2. The average Bonchev–Trinajstić information content (AvgIpc) is 3.27. The summed E-state index contributed by atoms with van der Waals surface area (Å²) in [6.45, 7) is 0.586. The van der Waals surface area contributed by atoms with Gasteiger partial charge < -0.3 is 21.5 Å². The number of aliphatic hydroxyl groups is 1. The first kappa shape index (κ1) is 28.7. The zero-order valence-electron chi connectivity index (χ0n) is 18.8. The van der Waals surface area contributed by atoms with Crippen molar-refractivity contribution in [2.75, 3.05) is 24.5 Å². The Morgan fingerprint density at radius 1 is 1.05 bits per heavy atom. The number of primary amides is 2. The Balaban J connectivity index is 1.90. The lowest BCUT2D eigenvalue weighted by molar-refractivity contribution is -0.254. The summed E-state index contributed by atoms with van der Waals surface area (Å²) in [5, 5.41) is 9.92. The number of rotatable bonds is 6. The Kier molecular flexibility index (Phi) is 7.32. The smallest absolute Gasteiger partial charge is 0.368 e. The highest BCUT2D eigenvalue weighted by Crippen LogP contribution is 2.43. The maximum absolute atomic E-state index is 13.7. The van der Waals surface area contributed by atoms with E-state index < -0.39 is 60.5 Å². The van der Waals surface area contributed by atoms with Crippen LogP contribution in [0.4, 0.5) is 32.0 Å². The van der Waals surface area contributed by atoms with Crippen LogP contribution in [0.15, 0.2) is 34.5 Å². The van der Waals surface area contributed by atoms with Crippen LogP contribution in [-0.2, 0) is 26.6 Å². The monoisotopic (exact) mass is 574 g/mol. The highest BCUT2D eigenvalue weighted by atomic mass is 32.2. The van der Waals surface area contributed by atoms with Crippen molar-refractivity contribution >= 4 is 38.9 Å². The molecule has 1 fully saturated rings. The van der Waals surface area contributed by atoms with Crippen LogP contribution in [0.1, 0.15) is 27.7 Å². The Morgan fingerprint density at radius 3 is 2.16 bits per heavy atom. The maximum atomic E-state index is 13.7. The molecule has 0 spiro atoms. The lowest BCUT2D eigenvalue weighted by Gasteiger charge is -2.40. The largest absolute Gasteiger partial charge is 0.431 e. The molecule has 5 N–H and O–H groups in total. The van der Waals surface area contributed by atoms with Crippen molar-refractivity contribution in [1.82, 2.24) is 4.31 Å². The zero-order valence-corrected chi connectivity index (χ0v) is 20.4. The van der Waals surface area contributed by atoms with Gasteiger partial charge in [-0.3, -0.25) is 9.59 Å². The molecule has 0 radical (unpaired) electrons. The van der Waals surface area contributed by atoms with Gasteiger partial charge in [0.2, 0.25) is 5.91 Å². The third-order valence-corrected chi connectivity index (χ3v) is 9.44. The number of amides is 2. The van der Waals surface area contributed by atoms with Crippen molar-refractivity contribution in [3.8, 4) is 0 Å². The van der Waals surface area contributed by atoms with E-state index in [1.165, 1.54) is 11.8 Å². The fourth-order valence-corrected chi connectivity index (χ4v) is 7.04. The molecule has 1 unspecified atom stereocenters. The maximum Gasteiger partial charge on any atom is 0.431 e. The number of thiophene rings is 1. The highest BCUT2D eigenvalue weighted by Gasteiger charge is 2.61. The molecule has 0 saturated carbocycles. The number of piperazine rings is 1. The van der Waals surface area contributed by atoms with Crippen LogP contribution >= 0.6 is 11.3 Å².